The van der Waals surface area contributed by atoms with Crippen LogP contribution >= 0.6 is 23.2 Å². The summed E-state index contributed by atoms with van der Waals surface area (Å²) in [7, 11) is 0. The van der Waals surface area contributed by atoms with Gasteiger partial charge in [-0.3, -0.25) is 0 Å². The van der Waals surface area contributed by atoms with E-state index in [0.29, 0.717) is 0 Å². The molecule has 0 bridgehead atoms. The van der Waals surface area contributed by atoms with Crippen molar-refractivity contribution in [2.75, 3.05) is 0 Å². The number of hydrogen-bond acceptors (Lipinski definition) is 0. The third kappa shape index (κ3) is 2.88. The van der Waals surface area contributed by atoms with Crippen LogP contribution in [0.4, 0.5) is 0 Å². The molecule has 2 aromatic rings. The van der Waals surface area contributed by atoms with Gasteiger partial charge in [-0.2, -0.15) is 0 Å². The topological polar surface area (TPSA) is 0 Å². The standard InChI is InChI=1S/C14H10Cl2/c15-13-8-6-11(7-9-13)10-14(16)12-4-2-1-3-5-12/h1-10H/b14-10+. The first-order valence-corrected chi connectivity index (χ1v) is 5.69. The van der Waals surface area contributed by atoms with Crippen molar-refractivity contribution in [1.82, 2.24) is 0 Å². The van der Waals surface area contributed by atoms with Gasteiger partial charge in [0.2, 0.25) is 0 Å². The highest BCUT2D eigenvalue weighted by molar-refractivity contribution is 6.51. The monoisotopic (exact) mass is 248 g/mol. The smallest absolute Gasteiger partial charge is 0.0484 e. The maximum absolute atomic E-state index is 6.21. The van der Waals surface area contributed by atoms with Gasteiger partial charge in [0.1, 0.15) is 0 Å². The van der Waals surface area contributed by atoms with Crippen molar-refractivity contribution in [3.05, 3.63) is 70.7 Å². The summed E-state index contributed by atoms with van der Waals surface area (Å²) in [5.74, 6) is 0. The molecule has 0 unspecified atom stereocenters. The van der Waals surface area contributed by atoms with E-state index in [-0.39, 0.29) is 0 Å². The van der Waals surface area contributed by atoms with Crippen LogP contribution in [0.5, 0.6) is 0 Å². The number of halogens is 2. The summed E-state index contributed by atoms with van der Waals surface area (Å²) in [6, 6.07) is 17.4. The second-order valence-corrected chi connectivity index (χ2v) is 4.25. The van der Waals surface area contributed by atoms with Gasteiger partial charge in [0, 0.05) is 10.1 Å². The predicted molar refractivity (Wildman–Crippen MR) is 71.6 cm³/mol. The van der Waals surface area contributed by atoms with Crippen LogP contribution in [0.1, 0.15) is 11.1 Å². The quantitative estimate of drug-likeness (QED) is 0.651. The van der Waals surface area contributed by atoms with Crippen molar-refractivity contribution < 1.29 is 0 Å². The molecule has 0 heterocycles. The zero-order chi connectivity index (χ0) is 11.4. The molecule has 0 amide bonds. The lowest BCUT2D eigenvalue weighted by Gasteiger charge is -1.99. The van der Waals surface area contributed by atoms with Crippen LogP contribution in [-0.2, 0) is 0 Å². The number of benzene rings is 2. The SMILES string of the molecule is Cl/C(=C/c1ccc(Cl)cc1)c1ccccc1. The van der Waals surface area contributed by atoms with E-state index in [1.54, 1.807) is 0 Å². The minimum atomic E-state index is 0.725. The van der Waals surface area contributed by atoms with Crippen molar-refractivity contribution in [2.24, 2.45) is 0 Å². The normalized spacial score (nSPS) is 11.5. The second-order valence-electron chi connectivity index (χ2n) is 3.41. The Hall–Kier alpha value is -1.24. The lowest BCUT2D eigenvalue weighted by molar-refractivity contribution is 1.64. The number of hydrogen-bond donors (Lipinski definition) is 0. The molecule has 0 atom stereocenters. The Morgan fingerprint density at radius 2 is 1.50 bits per heavy atom. The summed E-state index contributed by atoms with van der Waals surface area (Å²) < 4.78 is 0. The molecule has 0 spiro atoms. The summed E-state index contributed by atoms with van der Waals surface area (Å²) in [5.41, 5.74) is 2.05. The maximum atomic E-state index is 6.21. The van der Waals surface area contributed by atoms with E-state index in [2.05, 4.69) is 0 Å². The van der Waals surface area contributed by atoms with Gasteiger partial charge in [-0.25, -0.2) is 0 Å². The highest BCUT2D eigenvalue weighted by Gasteiger charge is 1.97. The molecule has 0 fully saturated rings. The van der Waals surface area contributed by atoms with Gasteiger partial charge in [0.25, 0.3) is 0 Å². The molecule has 0 radical (unpaired) electrons. The molecule has 0 aromatic heterocycles. The van der Waals surface area contributed by atoms with E-state index >= 15 is 0 Å². The van der Waals surface area contributed by atoms with Crippen LogP contribution in [0.15, 0.2) is 54.6 Å². The lowest BCUT2D eigenvalue weighted by atomic mass is 10.1. The zero-order valence-electron chi connectivity index (χ0n) is 8.53. The maximum Gasteiger partial charge on any atom is 0.0484 e. The summed E-state index contributed by atoms with van der Waals surface area (Å²) in [4.78, 5) is 0. The van der Waals surface area contributed by atoms with Crippen LogP contribution in [0.2, 0.25) is 5.02 Å². The van der Waals surface area contributed by atoms with Crippen LogP contribution in [0.25, 0.3) is 11.1 Å². The third-order valence-corrected chi connectivity index (χ3v) is 2.79. The Bertz CT molecular complexity index is 484. The van der Waals surface area contributed by atoms with E-state index in [4.69, 9.17) is 23.2 Å². The molecule has 0 saturated carbocycles. The summed E-state index contributed by atoms with van der Waals surface area (Å²) >= 11 is 12.0. The first-order chi connectivity index (χ1) is 7.75. The molecule has 0 aliphatic rings. The van der Waals surface area contributed by atoms with Crippen molar-refractivity contribution in [2.45, 2.75) is 0 Å². The van der Waals surface area contributed by atoms with Crippen molar-refractivity contribution in [3.63, 3.8) is 0 Å². The van der Waals surface area contributed by atoms with Gasteiger partial charge in [-0.15, -0.1) is 0 Å². The van der Waals surface area contributed by atoms with Gasteiger partial charge in [0.15, 0.2) is 0 Å². The van der Waals surface area contributed by atoms with Crippen LogP contribution in [0.3, 0.4) is 0 Å². The van der Waals surface area contributed by atoms with Crippen LogP contribution in [0, 0.1) is 0 Å². The van der Waals surface area contributed by atoms with E-state index in [1.807, 2.05) is 60.7 Å². The first kappa shape index (κ1) is 11.3. The predicted octanol–water partition coefficient (Wildman–Crippen LogP) is 5.08. The highest BCUT2D eigenvalue weighted by Crippen LogP contribution is 2.22. The molecule has 80 valence electrons. The van der Waals surface area contributed by atoms with E-state index in [0.717, 1.165) is 21.2 Å². The Morgan fingerprint density at radius 1 is 0.875 bits per heavy atom. The molecule has 16 heavy (non-hydrogen) atoms. The lowest BCUT2D eigenvalue weighted by Crippen LogP contribution is -1.76. The van der Waals surface area contributed by atoms with Gasteiger partial charge in [-0.1, -0.05) is 65.7 Å². The average Bonchev–Trinajstić information content (AvgIpc) is 2.33. The van der Waals surface area contributed by atoms with E-state index in [9.17, 15) is 0 Å². The highest BCUT2D eigenvalue weighted by atomic mass is 35.5. The first-order valence-electron chi connectivity index (χ1n) is 4.94. The van der Waals surface area contributed by atoms with Crippen molar-refractivity contribution in [1.29, 1.82) is 0 Å². The fraction of sp³-hybridized carbons (Fsp3) is 0. The molecule has 2 rings (SSSR count). The Balaban J connectivity index is 2.28. The Kier molecular flexibility index (Phi) is 3.66. The van der Waals surface area contributed by atoms with Crippen LogP contribution in [-0.4, -0.2) is 0 Å². The van der Waals surface area contributed by atoms with E-state index in [1.165, 1.54) is 0 Å². The molecule has 2 aromatic carbocycles. The fourth-order valence-electron chi connectivity index (χ4n) is 1.39. The van der Waals surface area contributed by atoms with Gasteiger partial charge < -0.3 is 0 Å². The fourth-order valence-corrected chi connectivity index (χ4v) is 1.76. The summed E-state index contributed by atoms with van der Waals surface area (Å²) in [6.07, 6.45) is 1.92. The largest absolute Gasteiger partial charge is 0.0843 e. The molecular formula is C14H10Cl2. The Labute approximate surface area is 105 Å². The minimum Gasteiger partial charge on any atom is -0.0843 e. The molecule has 0 aliphatic carbocycles. The summed E-state index contributed by atoms with van der Waals surface area (Å²) in [6.45, 7) is 0. The van der Waals surface area contributed by atoms with Gasteiger partial charge >= 0.3 is 0 Å². The molecule has 2 heteroatoms. The Morgan fingerprint density at radius 3 is 2.12 bits per heavy atom. The minimum absolute atomic E-state index is 0.725. The molecule has 0 aliphatic heterocycles. The van der Waals surface area contributed by atoms with Crippen molar-refractivity contribution >= 4 is 34.3 Å². The van der Waals surface area contributed by atoms with Crippen molar-refractivity contribution in [3.8, 4) is 0 Å². The molecule has 0 nitrogen and oxygen atoms in total. The van der Waals surface area contributed by atoms with Gasteiger partial charge in [0.05, 0.1) is 0 Å². The summed E-state index contributed by atoms with van der Waals surface area (Å²) in [5, 5.41) is 1.45. The van der Waals surface area contributed by atoms with E-state index < -0.39 is 0 Å². The molecule has 0 N–H and O–H groups in total. The average molecular weight is 249 g/mol. The third-order valence-electron chi connectivity index (χ3n) is 2.21. The molecule has 0 saturated heterocycles. The molecular weight excluding hydrogens is 239 g/mol. The second kappa shape index (κ2) is 5.20. The van der Waals surface area contributed by atoms with Crippen LogP contribution < -0.4 is 0 Å². The number of rotatable bonds is 2. The zero-order valence-corrected chi connectivity index (χ0v) is 10.0. The van der Waals surface area contributed by atoms with Gasteiger partial charge in [-0.05, 0) is 29.3 Å².